The van der Waals surface area contributed by atoms with Crippen LogP contribution in [-0.4, -0.2) is 50.5 Å². The van der Waals surface area contributed by atoms with Gasteiger partial charge in [-0.3, -0.25) is 13.9 Å². The van der Waals surface area contributed by atoms with Crippen LogP contribution < -0.4 is 9.36 Å². The Kier molecular flexibility index (Phi) is 10.0. The molecular formula is C22H36NO9PSi2. The van der Waals surface area contributed by atoms with Crippen molar-refractivity contribution in [3.05, 3.63) is 42.0 Å². The van der Waals surface area contributed by atoms with Crippen molar-refractivity contribution < 1.29 is 42.7 Å². The van der Waals surface area contributed by atoms with Gasteiger partial charge in [-0.2, -0.15) is 0 Å². The second-order valence-corrected chi connectivity index (χ2v) is 23.3. The first-order chi connectivity index (χ1) is 16.2. The molecule has 0 spiro atoms. The third-order valence-corrected chi connectivity index (χ3v) is 9.50. The number of hydrogen-bond acceptors (Lipinski definition) is 9. The third kappa shape index (κ3) is 10.9. The van der Waals surface area contributed by atoms with Crippen LogP contribution in [-0.2, 0) is 25.0 Å². The molecule has 0 saturated heterocycles. The zero-order chi connectivity index (χ0) is 26.3. The van der Waals surface area contributed by atoms with Crippen molar-refractivity contribution in [2.24, 2.45) is 0 Å². The zero-order valence-electron chi connectivity index (χ0n) is 21.1. The molecule has 0 radical (unpaired) electrons. The number of carbonyl (C=O) groups is 1. The van der Waals surface area contributed by atoms with Crippen molar-refractivity contribution in [3.8, 4) is 17.5 Å². The highest BCUT2D eigenvalue weighted by Gasteiger charge is 2.30. The number of ether oxygens (including phenoxy) is 1. The number of benzene rings is 1. The molecule has 2 aromatic rings. The maximum absolute atomic E-state index is 13.3. The Morgan fingerprint density at radius 2 is 1.34 bits per heavy atom. The van der Waals surface area contributed by atoms with E-state index in [9.17, 15) is 19.6 Å². The van der Waals surface area contributed by atoms with E-state index < -0.39 is 41.9 Å². The predicted molar refractivity (Wildman–Crippen MR) is 137 cm³/mol. The van der Waals surface area contributed by atoms with E-state index >= 15 is 0 Å². The zero-order valence-corrected chi connectivity index (χ0v) is 24.0. The van der Waals surface area contributed by atoms with Crippen molar-refractivity contribution in [2.75, 3.05) is 13.2 Å². The molecular weight excluding hydrogens is 509 g/mol. The lowest BCUT2D eigenvalue weighted by molar-refractivity contribution is 0.0310. The largest absolute Gasteiger partial charge is 0.534 e. The van der Waals surface area contributed by atoms with Gasteiger partial charge in [0.25, 0.3) is 0 Å². The second kappa shape index (κ2) is 12.1. The smallest absolute Gasteiger partial charge is 0.492 e. The van der Waals surface area contributed by atoms with E-state index in [0.717, 1.165) is 24.2 Å². The van der Waals surface area contributed by atoms with E-state index in [4.69, 9.17) is 23.1 Å². The fourth-order valence-corrected chi connectivity index (χ4v) is 5.49. The number of aromatic hydroxyl groups is 2. The Bertz CT molecular complexity index is 970. The Balaban J connectivity index is 1.95. The van der Waals surface area contributed by atoms with Gasteiger partial charge in [-0.25, -0.2) is 9.36 Å². The highest BCUT2D eigenvalue weighted by atomic mass is 31.2. The maximum Gasteiger partial charge on any atom is 0.534 e. The number of hydrogen-bond donors (Lipinski definition) is 2. The fourth-order valence-electron chi connectivity index (χ4n) is 2.53. The first-order valence-corrected chi connectivity index (χ1v) is 20.2. The Morgan fingerprint density at radius 1 is 0.857 bits per heavy atom. The number of phosphoric ester groups is 1. The SMILES string of the molecule is C[Si](C)(C)CCOP(=O)(OCC[Si](C)(C)C)Oc1ccc(COC(=O)On2c(O)ccc2O)cc1. The monoisotopic (exact) mass is 545 g/mol. The number of aromatic nitrogens is 1. The van der Waals surface area contributed by atoms with Gasteiger partial charge in [0.15, 0.2) is 0 Å². The fraction of sp³-hybridized carbons (Fsp3) is 0.500. The molecule has 0 amide bonds. The summed E-state index contributed by atoms with van der Waals surface area (Å²) in [6.45, 7) is 13.7. The van der Waals surface area contributed by atoms with Gasteiger partial charge in [0.05, 0.1) is 13.2 Å². The van der Waals surface area contributed by atoms with Gasteiger partial charge in [-0.1, -0.05) is 51.4 Å². The van der Waals surface area contributed by atoms with Gasteiger partial charge >= 0.3 is 14.0 Å². The highest BCUT2D eigenvalue weighted by molar-refractivity contribution is 7.48. The summed E-state index contributed by atoms with van der Waals surface area (Å²) < 4.78 is 35.7. The minimum Gasteiger partial charge on any atom is -0.492 e. The Hall–Kier alpha value is -2.25. The lowest BCUT2D eigenvalue weighted by Gasteiger charge is -2.22. The molecule has 0 atom stereocenters. The van der Waals surface area contributed by atoms with Crippen LogP contribution in [0.25, 0.3) is 0 Å². The number of nitrogens with zero attached hydrogens (tertiary/aromatic N) is 1. The van der Waals surface area contributed by atoms with Gasteiger partial charge in [-0.15, -0.1) is 4.73 Å². The minimum atomic E-state index is -3.81. The molecule has 0 bridgehead atoms. The van der Waals surface area contributed by atoms with Gasteiger partial charge in [0.1, 0.15) is 12.4 Å². The summed E-state index contributed by atoms with van der Waals surface area (Å²) in [6.07, 6.45) is -1.12. The molecule has 0 aliphatic carbocycles. The molecule has 35 heavy (non-hydrogen) atoms. The third-order valence-electron chi connectivity index (χ3n) is 4.66. The van der Waals surface area contributed by atoms with Crippen molar-refractivity contribution in [2.45, 2.75) is 58.0 Å². The van der Waals surface area contributed by atoms with Gasteiger partial charge in [-0.05, 0) is 29.8 Å². The van der Waals surface area contributed by atoms with Gasteiger partial charge in [0, 0.05) is 28.3 Å². The molecule has 1 aromatic heterocycles. The van der Waals surface area contributed by atoms with Crippen molar-refractivity contribution in [3.63, 3.8) is 0 Å². The molecule has 0 fully saturated rings. The van der Waals surface area contributed by atoms with Crippen LogP contribution in [0.4, 0.5) is 4.79 Å². The lowest BCUT2D eigenvalue weighted by atomic mass is 10.2. The average molecular weight is 546 g/mol. The highest BCUT2D eigenvalue weighted by Crippen LogP contribution is 2.50. The Labute approximate surface area is 208 Å². The van der Waals surface area contributed by atoms with E-state index in [0.29, 0.717) is 29.3 Å². The topological polar surface area (TPSA) is 126 Å². The molecule has 2 rings (SSSR count). The maximum atomic E-state index is 13.3. The number of rotatable bonds is 13. The molecule has 10 nitrogen and oxygen atoms in total. The normalized spacial score (nSPS) is 12.4. The first kappa shape index (κ1) is 29.0. The Morgan fingerprint density at radius 3 is 1.80 bits per heavy atom. The molecule has 196 valence electrons. The quantitative estimate of drug-likeness (QED) is 0.181. The van der Waals surface area contributed by atoms with E-state index in [2.05, 4.69) is 39.3 Å². The van der Waals surface area contributed by atoms with Crippen LogP contribution >= 0.6 is 7.82 Å². The standard InChI is InChI=1S/C22H36NO9PSi2/c1-34(2,3)15-13-29-33(27,30-14-16-35(4,5)6)32-19-9-7-18(8-10-19)17-28-22(26)31-23-20(24)11-12-21(23)25/h7-12,24-25H,13-17H2,1-6H3. The molecule has 1 aromatic carbocycles. The van der Waals surface area contributed by atoms with Crippen molar-refractivity contribution in [1.29, 1.82) is 0 Å². The van der Waals surface area contributed by atoms with E-state index in [-0.39, 0.29) is 6.61 Å². The molecule has 13 heteroatoms. The molecule has 0 aliphatic heterocycles. The van der Waals surface area contributed by atoms with E-state index in [1.54, 1.807) is 24.3 Å². The molecule has 2 N–H and O–H groups in total. The summed E-state index contributed by atoms with van der Waals surface area (Å²) in [4.78, 5) is 16.5. The van der Waals surface area contributed by atoms with Crippen molar-refractivity contribution in [1.82, 2.24) is 4.73 Å². The molecule has 0 saturated carbocycles. The van der Waals surface area contributed by atoms with Crippen LogP contribution in [0.5, 0.6) is 17.5 Å². The van der Waals surface area contributed by atoms with Gasteiger partial charge < -0.3 is 19.5 Å². The number of phosphoric acid groups is 1. The lowest BCUT2D eigenvalue weighted by Crippen LogP contribution is -2.23. The van der Waals surface area contributed by atoms with Gasteiger partial charge in [0.2, 0.25) is 11.8 Å². The number of carbonyl (C=O) groups excluding carboxylic acids is 1. The van der Waals surface area contributed by atoms with Crippen LogP contribution in [0.2, 0.25) is 51.4 Å². The van der Waals surface area contributed by atoms with E-state index in [1.165, 1.54) is 0 Å². The summed E-state index contributed by atoms with van der Waals surface area (Å²) in [6, 6.07) is 10.4. The molecule has 0 aliphatic rings. The average Bonchev–Trinajstić information content (AvgIpc) is 3.03. The summed E-state index contributed by atoms with van der Waals surface area (Å²) >= 11 is 0. The van der Waals surface area contributed by atoms with Crippen molar-refractivity contribution >= 4 is 30.1 Å². The van der Waals surface area contributed by atoms with Crippen LogP contribution in [0.15, 0.2) is 36.4 Å². The summed E-state index contributed by atoms with van der Waals surface area (Å²) in [5.74, 6) is -0.614. The summed E-state index contributed by atoms with van der Waals surface area (Å²) in [5, 5.41) is 19.0. The van der Waals surface area contributed by atoms with Crippen LogP contribution in [0.3, 0.4) is 0 Å². The minimum absolute atomic E-state index is 0.140. The second-order valence-electron chi connectivity index (χ2n) is 10.4. The van der Waals surface area contributed by atoms with E-state index in [1.807, 2.05) is 0 Å². The molecule has 1 heterocycles. The summed E-state index contributed by atoms with van der Waals surface area (Å²) in [7, 11) is -6.60. The predicted octanol–water partition coefficient (Wildman–Crippen LogP) is 5.86. The van der Waals surface area contributed by atoms with Crippen LogP contribution in [0, 0.1) is 0 Å². The van der Waals surface area contributed by atoms with Crippen LogP contribution in [0.1, 0.15) is 5.56 Å². The molecule has 0 unspecified atom stereocenters. The first-order valence-electron chi connectivity index (χ1n) is 11.3. The summed E-state index contributed by atoms with van der Waals surface area (Å²) in [5.41, 5.74) is 0.601.